The first-order valence-electron chi connectivity index (χ1n) is 8.29. The summed E-state index contributed by atoms with van der Waals surface area (Å²) in [5.74, 6) is -0.272. The van der Waals surface area contributed by atoms with Crippen molar-refractivity contribution < 1.29 is 9.59 Å². The maximum absolute atomic E-state index is 12.4. The molecule has 132 valence electrons. The number of piperidine rings is 1. The van der Waals surface area contributed by atoms with Gasteiger partial charge in [-0.1, -0.05) is 12.1 Å². The fourth-order valence-corrected chi connectivity index (χ4v) is 3.17. The molecule has 4 N–H and O–H groups in total. The van der Waals surface area contributed by atoms with Crippen molar-refractivity contribution in [3.05, 3.63) is 40.4 Å². The lowest BCUT2D eigenvalue weighted by Gasteiger charge is -2.30. The van der Waals surface area contributed by atoms with Crippen LogP contribution in [-0.2, 0) is 16.1 Å². The summed E-state index contributed by atoms with van der Waals surface area (Å²) >= 11 is 0. The van der Waals surface area contributed by atoms with E-state index in [0.29, 0.717) is 23.3 Å². The molecule has 2 heterocycles. The quantitative estimate of drug-likeness (QED) is 0.690. The number of hydrogen-bond acceptors (Lipinski definition) is 5. The molecule has 1 unspecified atom stereocenters. The van der Waals surface area contributed by atoms with Gasteiger partial charge in [-0.3, -0.25) is 19.3 Å². The molecule has 1 saturated heterocycles. The lowest BCUT2D eigenvalue weighted by atomic mass is 9.97. The van der Waals surface area contributed by atoms with Gasteiger partial charge in [0.1, 0.15) is 5.82 Å². The van der Waals surface area contributed by atoms with Crippen LogP contribution in [0.4, 0.5) is 0 Å². The number of aromatic nitrogens is 2. The molecular weight excluding hydrogens is 322 g/mol. The van der Waals surface area contributed by atoms with Crippen LogP contribution in [0.3, 0.4) is 0 Å². The number of para-hydroxylation sites is 1. The van der Waals surface area contributed by atoms with Gasteiger partial charge in [0, 0.05) is 6.54 Å². The predicted octanol–water partition coefficient (Wildman–Crippen LogP) is -0.263. The SMILES string of the molecule is NC(=O)CN1CCCC(C(=O)NCc2nc3ccccc3c(=O)[nH]2)C1. The van der Waals surface area contributed by atoms with Crippen LogP contribution in [0.1, 0.15) is 18.7 Å². The highest BCUT2D eigenvalue weighted by Crippen LogP contribution is 2.16. The van der Waals surface area contributed by atoms with Crippen molar-refractivity contribution in [1.29, 1.82) is 0 Å². The number of primary amides is 1. The fourth-order valence-electron chi connectivity index (χ4n) is 3.17. The van der Waals surface area contributed by atoms with Crippen molar-refractivity contribution in [3.8, 4) is 0 Å². The van der Waals surface area contributed by atoms with E-state index < -0.39 is 0 Å². The Kier molecular flexibility index (Phi) is 5.08. The van der Waals surface area contributed by atoms with Crippen LogP contribution in [0.5, 0.6) is 0 Å². The maximum atomic E-state index is 12.4. The lowest BCUT2D eigenvalue weighted by Crippen LogP contribution is -2.45. The summed E-state index contributed by atoms with van der Waals surface area (Å²) < 4.78 is 0. The van der Waals surface area contributed by atoms with Crippen LogP contribution in [-0.4, -0.2) is 46.3 Å². The van der Waals surface area contributed by atoms with E-state index in [2.05, 4.69) is 15.3 Å². The zero-order chi connectivity index (χ0) is 17.8. The maximum Gasteiger partial charge on any atom is 0.258 e. The molecule has 0 aliphatic carbocycles. The summed E-state index contributed by atoms with van der Waals surface area (Å²) in [7, 11) is 0. The lowest BCUT2D eigenvalue weighted by molar-refractivity contribution is -0.128. The molecule has 2 amide bonds. The van der Waals surface area contributed by atoms with Crippen molar-refractivity contribution in [1.82, 2.24) is 20.2 Å². The summed E-state index contributed by atoms with van der Waals surface area (Å²) in [6, 6.07) is 7.06. The Hall–Kier alpha value is -2.74. The van der Waals surface area contributed by atoms with Crippen molar-refractivity contribution in [2.45, 2.75) is 19.4 Å². The third kappa shape index (κ3) is 4.21. The van der Waals surface area contributed by atoms with E-state index >= 15 is 0 Å². The molecule has 0 saturated carbocycles. The van der Waals surface area contributed by atoms with E-state index in [4.69, 9.17) is 5.73 Å². The molecule has 1 aliphatic heterocycles. The minimum absolute atomic E-state index is 0.107. The standard InChI is InChI=1S/C17H21N5O3/c18-14(23)10-22-7-3-4-11(9-22)16(24)19-8-15-20-13-6-2-1-5-12(13)17(25)21-15/h1-2,5-6,11H,3-4,7-10H2,(H2,18,23)(H,19,24)(H,20,21,25). The topological polar surface area (TPSA) is 121 Å². The predicted molar refractivity (Wildman–Crippen MR) is 92.6 cm³/mol. The molecule has 0 spiro atoms. The number of likely N-dealkylation sites (tertiary alicyclic amines) is 1. The van der Waals surface area contributed by atoms with E-state index in [1.165, 1.54) is 0 Å². The molecule has 2 aromatic rings. The Balaban J connectivity index is 1.62. The highest BCUT2D eigenvalue weighted by Gasteiger charge is 2.26. The highest BCUT2D eigenvalue weighted by molar-refractivity contribution is 5.80. The monoisotopic (exact) mass is 343 g/mol. The van der Waals surface area contributed by atoms with Gasteiger partial charge < -0.3 is 16.0 Å². The molecule has 25 heavy (non-hydrogen) atoms. The Morgan fingerprint density at radius 2 is 2.16 bits per heavy atom. The number of rotatable bonds is 5. The fraction of sp³-hybridized carbons (Fsp3) is 0.412. The first-order valence-corrected chi connectivity index (χ1v) is 8.29. The molecule has 1 aromatic heterocycles. The number of H-pyrrole nitrogens is 1. The number of amides is 2. The number of nitrogens with two attached hydrogens (primary N) is 1. The zero-order valence-electron chi connectivity index (χ0n) is 13.8. The third-order valence-corrected chi connectivity index (χ3v) is 4.35. The van der Waals surface area contributed by atoms with Crippen molar-refractivity contribution in [2.75, 3.05) is 19.6 Å². The number of aromatic amines is 1. The molecule has 1 atom stereocenters. The second-order valence-electron chi connectivity index (χ2n) is 6.29. The molecule has 0 bridgehead atoms. The second kappa shape index (κ2) is 7.43. The molecule has 1 aromatic carbocycles. The summed E-state index contributed by atoms with van der Waals surface area (Å²) in [5, 5.41) is 3.34. The van der Waals surface area contributed by atoms with Crippen LogP contribution < -0.4 is 16.6 Å². The summed E-state index contributed by atoms with van der Waals surface area (Å²) in [6.45, 7) is 1.61. The number of nitrogens with zero attached hydrogens (tertiary/aromatic N) is 2. The van der Waals surface area contributed by atoms with E-state index in [1.807, 2.05) is 11.0 Å². The van der Waals surface area contributed by atoms with Crippen LogP contribution in [0.2, 0.25) is 0 Å². The number of fused-ring (bicyclic) bond motifs is 1. The van der Waals surface area contributed by atoms with Crippen LogP contribution >= 0.6 is 0 Å². The van der Waals surface area contributed by atoms with Crippen molar-refractivity contribution >= 4 is 22.7 Å². The highest BCUT2D eigenvalue weighted by atomic mass is 16.2. The summed E-state index contributed by atoms with van der Waals surface area (Å²) in [5.41, 5.74) is 5.59. The number of nitrogens with one attached hydrogen (secondary N) is 2. The van der Waals surface area contributed by atoms with Crippen LogP contribution in [0.25, 0.3) is 10.9 Å². The van der Waals surface area contributed by atoms with Gasteiger partial charge in [-0.05, 0) is 31.5 Å². The number of carbonyl (C=O) groups excluding carboxylic acids is 2. The van der Waals surface area contributed by atoms with Crippen molar-refractivity contribution in [3.63, 3.8) is 0 Å². The van der Waals surface area contributed by atoms with Gasteiger partial charge in [-0.2, -0.15) is 0 Å². The van der Waals surface area contributed by atoms with Gasteiger partial charge in [-0.15, -0.1) is 0 Å². The molecule has 3 rings (SSSR count). The van der Waals surface area contributed by atoms with Crippen LogP contribution in [0, 0.1) is 5.92 Å². The van der Waals surface area contributed by atoms with Crippen LogP contribution in [0.15, 0.2) is 29.1 Å². The molecule has 1 aliphatic rings. The Morgan fingerprint density at radius 3 is 2.96 bits per heavy atom. The van der Waals surface area contributed by atoms with Gasteiger partial charge in [0.25, 0.3) is 5.56 Å². The average Bonchev–Trinajstić information content (AvgIpc) is 2.59. The minimum Gasteiger partial charge on any atom is -0.369 e. The van der Waals surface area contributed by atoms with E-state index in [1.54, 1.807) is 18.2 Å². The molecule has 0 radical (unpaired) electrons. The Morgan fingerprint density at radius 1 is 1.36 bits per heavy atom. The van der Waals surface area contributed by atoms with Gasteiger partial charge >= 0.3 is 0 Å². The zero-order valence-corrected chi connectivity index (χ0v) is 13.8. The van der Waals surface area contributed by atoms with Gasteiger partial charge in [-0.25, -0.2) is 4.98 Å². The average molecular weight is 343 g/mol. The Bertz CT molecular complexity index is 848. The van der Waals surface area contributed by atoms with Gasteiger partial charge in [0.05, 0.1) is 29.9 Å². The summed E-state index contributed by atoms with van der Waals surface area (Å²) in [4.78, 5) is 44.4. The van der Waals surface area contributed by atoms with Gasteiger partial charge in [0.2, 0.25) is 11.8 Å². The van der Waals surface area contributed by atoms with E-state index in [9.17, 15) is 14.4 Å². The molecule has 1 fully saturated rings. The number of benzene rings is 1. The van der Waals surface area contributed by atoms with Gasteiger partial charge in [0.15, 0.2) is 0 Å². The van der Waals surface area contributed by atoms with E-state index in [0.717, 1.165) is 19.4 Å². The first-order chi connectivity index (χ1) is 12.0. The second-order valence-corrected chi connectivity index (χ2v) is 6.29. The Labute approximate surface area is 144 Å². The van der Waals surface area contributed by atoms with E-state index in [-0.39, 0.29) is 36.4 Å². The third-order valence-electron chi connectivity index (χ3n) is 4.35. The minimum atomic E-state index is -0.390. The largest absolute Gasteiger partial charge is 0.369 e. The normalized spacial score (nSPS) is 18.2. The first kappa shape index (κ1) is 17.1. The molecule has 8 heteroatoms. The summed E-state index contributed by atoms with van der Waals surface area (Å²) in [6.07, 6.45) is 1.61. The number of carbonyl (C=O) groups is 2. The smallest absolute Gasteiger partial charge is 0.258 e. The van der Waals surface area contributed by atoms with Crippen molar-refractivity contribution in [2.24, 2.45) is 11.7 Å². The number of hydrogen-bond donors (Lipinski definition) is 3. The molecular formula is C17H21N5O3. The molecule has 8 nitrogen and oxygen atoms in total.